The Kier molecular flexibility index (Phi) is 7.13. The van der Waals surface area contributed by atoms with Crippen molar-refractivity contribution in [3.05, 3.63) is 0 Å². The number of hydrogen-bond acceptors (Lipinski definition) is 4. The van der Waals surface area contributed by atoms with Crippen LogP contribution in [0.2, 0.25) is 0 Å². The van der Waals surface area contributed by atoms with Crippen LogP contribution in [0.4, 0.5) is 4.79 Å². The molecule has 1 aliphatic carbocycles. The van der Waals surface area contributed by atoms with Crippen LogP contribution in [0, 0.1) is 5.41 Å². The van der Waals surface area contributed by atoms with Crippen molar-refractivity contribution in [3.63, 3.8) is 0 Å². The molecule has 1 aliphatic rings. The van der Waals surface area contributed by atoms with Gasteiger partial charge in [0.15, 0.2) is 0 Å². The molecule has 1 fully saturated rings. The maximum atomic E-state index is 11.8. The summed E-state index contributed by atoms with van der Waals surface area (Å²) in [6, 6.07) is 0.654. The number of aliphatic hydroxyl groups excluding tert-OH is 1. The lowest BCUT2D eigenvalue weighted by molar-refractivity contribution is 0.0505. The number of hydrogen-bond donors (Lipinski definition) is 3. The van der Waals surface area contributed by atoms with Crippen LogP contribution in [-0.4, -0.2) is 42.0 Å². The molecule has 1 saturated carbocycles. The molecule has 2 unspecified atom stereocenters. The van der Waals surface area contributed by atoms with Crippen LogP contribution in [0.5, 0.6) is 0 Å². The molecule has 5 nitrogen and oxygen atoms in total. The molecular formula is C17H34N2O3. The van der Waals surface area contributed by atoms with Crippen LogP contribution in [0.25, 0.3) is 0 Å². The third-order valence-electron chi connectivity index (χ3n) is 4.03. The third-order valence-corrected chi connectivity index (χ3v) is 4.03. The van der Waals surface area contributed by atoms with Gasteiger partial charge in [0.2, 0.25) is 0 Å². The van der Waals surface area contributed by atoms with Gasteiger partial charge in [0.05, 0.1) is 0 Å². The highest BCUT2D eigenvalue weighted by molar-refractivity contribution is 5.68. The van der Waals surface area contributed by atoms with Crippen LogP contribution >= 0.6 is 0 Å². The first kappa shape index (κ1) is 19.2. The monoisotopic (exact) mass is 314 g/mol. The quantitative estimate of drug-likeness (QED) is 0.676. The van der Waals surface area contributed by atoms with Gasteiger partial charge in [-0.3, -0.25) is 0 Å². The largest absolute Gasteiger partial charge is 0.444 e. The summed E-state index contributed by atoms with van der Waals surface area (Å²) in [5, 5.41) is 15.5. The Morgan fingerprint density at radius 1 is 1.18 bits per heavy atom. The Labute approximate surface area is 135 Å². The van der Waals surface area contributed by atoms with E-state index in [2.05, 4.69) is 24.5 Å². The Balaban J connectivity index is 2.27. The number of carbonyl (C=O) groups excluding carboxylic acids is 1. The molecule has 22 heavy (non-hydrogen) atoms. The minimum atomic E-state index is -0.447. The van der Waals surface area contributed by atoms with Gasteiger partial charge < -0.3 is 20.5 Å². The first-order chi connectivity index (χ1) is 10.1. The number of rotatable bonds is 7. The fourth-order valence-electron chi connectivity index (χ4n) is 2.84. The van der Waals surface area contributed by atoms with Crippen molar-refractivity contribution >= 4 is 6.09 Å². The van der Waals surface area contributed by atoms with Crippen LogP contribution in [0.15, 0.2) is 0 Å². The second-order valence-corrected chi connectivity index (χ2v) is 8.23. The van der Waals surface area contributed by atoms with Crippen LogP contribution in [0.1, 0.15) is 66.7 Å². The van der Waals surface area contributed by atoms with E-state index >= 15 is 0 Å². The van der Waals surface area contributed by atoms with Gasteiger partial charge in [-0.2, -0.15) is 0 Å². The molecule has 0 aromatic heterocycles. The molecule has 0 radical (unpaired) electrons. The number of nitrogens with one attached hydrogen (secondary N) is 2. The molecule has 0 saturated heterocycles. The summed E-state index contributed by atoms with van der Waals surface area (Å²) in [5.41, 5.74) is -0.253. The van der Waals surface area contributed by atoms with Crippen LogP contribution in [0.3, 0.4) is 0 Å². The Morgan fingerprint density at radius 3 is 2.41 bits per heavy atom. The summed E-state index contributed by atoms with van der Waals surface area (Å²) in [7, 11) is 0. The molecule has 1 amide bonds. The molecule has 0 heterocycles. The van der Waals surface area contributed by atoms with Gasteiger partial charge in [-0.05, 0) is 58.3 Å². The fraction of sp³-hybridized carbons (Fsp3) is 0.941. The van der Waals surface area contributed by atoms with Crippen molar-refractivity contribution in [2.75, 3.05) is 13.2 Å². The summed E-state index contributed by atoms with van der Waals surface area (Å²) < 4.78 is 5.30. The van der Waals surface area contributed by atoms with E-state index in [4.69, 9.17) is 9.84 Å². The number of alkyl carbamates (subject to hydrolysis) is 1. The Hall–Kier alpha value is -0.810. The Bertz CT molecular complexity index is 350. The maximum Gasteiger partial charge on any atom is 0.407 e. The lowest BCUT2D eigenvalue weighted by Crippen LogP contribution is -2.40. The lowest BCUT2D eigenvalue weighted by Gasteiger charge is -2.27. The maximum absolute atomic E-state index is 11.8. The van der Waals surface area contributed by atoms with E-state index in [1.54, 1.807) is 0 Å². The smallest absolute Gasteiger partial charge is 0.407 e. The summed E-state index contributed by atoms with van der Waals surface area (Å²) in [6.45, 7) is 11.3. The van der Waals surface area contributed by atoms with Crippen molar-refractivity contribution in [2.24, 2.45) is 5.41 Å². The molecule has 2 atom stereocenters. The number of amides is 1. The molecule has 1 rings (SSSR count). The zero-order valence-electron chi connectivity index (χ0n) is 14.9. The molecule has 0 spiro atoms. The molecule has 0 bridgehead atoms. The first-order valence-electron chi connectivity index (χ1n) is 8.45. The molecule has 130 valence electrons. The van der Waals surface area contributed by atoms with E-state index in [0.717, 1.165) is 38.6 Å². The van der Waals surface area contributed by atoms with Crippen LogP contribution < -0.4 is 10.6 Å². The van der Waals surface area contributed by atoms with Crippen molar-refractivity contribution < 1.29 is 14.6 Å². The minimum absolute atomic E-state index is 0.194. The zero-order chi connectivity index (χ0) is 16.8. The fourth-order valence-corrected chi connectivity index (χ4v) is 2.84. The minimum Gasteiger partial charge on any atom is -0.444 e. The van der Waals surface area contributed by atoms with Gasteiger partial charge in [0.25, 0.3) is 0 Å². The highest BCUT2D eigenvalue weighted by atomic mass is 16.6. The number of carbonyl (C=O) groups is 1. The molecule has 3 N–H and O–H groups in total. The average Bonchev–Trinajstić information content (AvgIpc) is 2.79. The highest BCUT2D eigenvalue weighted by Gasteiger charge is 2.28. The molecule has 0 aromatic rings. The van der Waals surface area contributed by atoms with Crippen molar-refractivity contribution in [2.45, 2.75) is 84.4 Å². The predicted molar refractivity (Wildman–Crippen MR) is 88.9 cm³/mol. The standard InChI is InChI=1S/C17H34N2O3/c1-16(2,3)22-15(21)19-14-8-7-13(11-14)18-12-17(4,5)9-6-10-20/h13-14,18,20H,6-12H2,1-5H3,(H,19,21). The van der Waals surface area contributed by atoms with Gasteiger partial charge in [-0.15, -0.1) is 0 Å². The van der Waals surface area contributed by atoms with E-state index in [0.29, 0.717) is 6.04 Å². The SMILES string of the molecule is CC(C)(CCCO)CNC1CCC(NC(=O)OC(C)(C)C)C1. The lowest BCUT2D eigenvalue weighted by atomic mass is 9.87. The Morgan fingerprint density at radius 2 is 1.82 bits per heavy atom. The van der Waals surface area contributed by atoms with Crippen molar-refractivity contribution in [1.82, 2.24) is 10.6 Å². The van der Waals surface area contributed by atoms with Crippen molar-refractivity contribution in [1.29, 1.82) is 0 Å². The molecule has 0 aromatic carbocycles. The van der Waals surface area contributed by atoms with E-state index in [-0.39, 0.29) is 24.2 Å². The van der Waals surface area contributed by atoms with Gasteiger partial charge in [-0.1, -0.05) is 13.8 Å². The topological polar surface area (TPSA) is 70.6 Å². The normalized spacial score (nSPS) is 22.6. The summed E-state index contributed by atoms with van der Waals surface area (Å²) in [6.07, 6.45) is 4.58. The molecule has 5 heteroatoms. The molecular weight excluding hydrogens is 280 g/mol. The van der Waals surface area contributed by atoms with Gasteiger partial charge >= 0.3 is 6.09 Å². The van der Waals surface area contributed by atoms with Gasteiger partial charge in [0.1, 0.15) is 5.60 Å². The predicted octanol–water partition coefficient (Wildman–Crippen LogP) is 2.82. The molecule has 0 aliphatic heterocycles. The average molecular weight is 314 g/mol. The van der Waals surface area contributed by atoms with E-state index in [1.165, 1.54) is 0 Å². The van der Waals surface area contributed by atoms with Crippen molar-refractivity contribution in [3.8, 4) is 0 Å². The van der Waals surface area contributed by atoms with E-state index in [1.807, 2.05) is 20.8 Å². The summed E-state index contributed by atoms with van der Waals surface area (Å²) in [5.74, 6) is 0. The van der Waals surface area contributed by atoms with Gasteiger partial charge in [-0.25, -0.2) is 4.79 Å². The third kappa shape index (κ3) is 7.99. The van der Waals surface area contributed by atoms with Gasteiger partial charge in [0, 0.05) is 25.2 Å². The van der Waals surface area contributed by atoms with Crippen LogP contribution in [-0.2, 0) is 4.74 Å². The number of aliphatic hydroxyl groups is 1. The second-order valence-electron chi connectivity index (χ2n) is 8.23. The highest BCUT2D eigenvalue weighted by Crippen LogP contribution is 2.24. The second kappa shape index (κ2) is 8.16. The zero-order valence-corrected chi connectivity index (χ0v) is 14.9. The summed E-state index contributed by atoms with van der Waals surface area (Å²) >= 11 is 0. The number of ether oxygens (including phenoxy) is 1. The first-order valence-corrected chi connectivity index (χ1v) is 8.45. The van der Waals surface area contributed by atoms with E-state index < -0.39 is 5.60 Å². The summed E-state index contributed by atoms with van der Waals surface area (Å²) in [4.78, 5) is 11.8. The van der Waals surface area contributed by atoms with E-state index in [9.17, 15) is 4.79 Å².